The van der Waals surface area contributed by atoms with Crippen molar-refractivity contribution >= 4 is 11.7 Å². The van der Waals surface area contributed by atoms with Crippen molar-refractivity contribution in [2.45, 2.75) is 32.1 Å². The molecule has 2 N–H and O–H groups in total. The number of carbonyl (C=O) groups is 1. The molecule has 0 aromatic heterocycles. The minimum absolute atomic E-state index is 0.0173. The summed E-state index contributed by atoms with van der Waals surface area (Å²) < 4.78 is 19.4. The molecule has 1 fully saturated rings. The molecule has 202 valence electrons. The number of carboxylic acids is 1. The van der Waals surface area contributed by atoms with E-state index in [2.05, 4.69) is 34.1 Å². The molecule has 1 saturated heterocycles. The van der Waals surface area contributed by atoms with Gasteiger partial charge in [-0.2, -0.15) is 0 Å². The Bertz CT molecular complexity index is 1180. The molecule has 3 aromatic rings. The zero-order valence-corrected chi connectivity index (χ0v) is 21.9. The van der Waals surface area contributed by atoms with Gasteiger partial charge >= 0.3 is 0 Å². The molecule has 3 aromatic carbocycles. The Balaban J connectivity index is 1.28. The van der Waals surface area contributed by atoms with Gasteiger partial charge in [-0.3, -0.25) is 4.90 Å². The highest BCUT2D eigenvalue weighted by Crippen LogP contribution is 2.22. The van der Waals surface area contributed by atoms with E-state index in [0.717, 1.165) is 80.1 Å². The second kappa shape index (κ2) is 13.9. The summed E-state index contributed by atoms with van der Waals surface area (Å²) in [6.07, 6.45) is 2.92. The highest BCUT2D eigenvalue weighted by atomic mass is 19.1. The quantitative estimate of drug-likeness (QED) is 0.375. The number of piperazine rings is 1. The molecular formula is C31H37FN3O3-. The van der Waals surface area contributed by atoms with E-state index >= 15 is 0 Å². The molecule has 7 heteroatoms. The van der Waals surface area contributed by atoms with Gasteiger partial charge in [0.2, 0.25) is 0 Å². The van der Waals surface area contributed by atoms with Gasteiger partial charge in [-0.25, -0.2) is 4.39 Å². The maximum Gasteiger partial charge on any atom is 0.123 e. The number of ether oxygens (including phenoxy) is 1. The van der Waals surface area contributed by atoms with Gasteiger partial charge in [0.05, 0.1) is 0 Å². The lowest BCUT2D eigenvalue weighted by Gasteiger charge is -2.36. The Labute approximate surface area is 224 Å². The number of rotatable bonds is 13. The van der Waals surface area contributed by atoms with Crippen molar-refractivity contribution in [3.8, 4) is 5.75 Å². The number of carboxylic acid groups (broad SMARTS) is 1. The topological polar surface area (TPSA) is 81.9 Å². The fourth-order valence-electron chi connectivity index (χ4n) is 4.98. The van der Waals surface area contributed by atoms with Crippen LogP contribution < -0.4 is 20.5 Å². The van der Waals surface area contributed by atoms with Crippen molar-refractivity contribution in [1.29, 1.82) is 0 Å². The van der Waals surface area contributed by atoms with Crippen LogP contribution in [0.2, 0.25) is 0 Å². The zero-order chi connectivity index (χ0) is 26.7. The van der Waals surface area contributed by atoms with E-state index in [1.807, 2.05) is 30.3 Å². The van der Waals surface area contributed by atoms with Gasteiger partial charge in [0, 0.05) is 44.4 Å². The molecule has 1 heterocycles. The van der Waals surface area contributed by atoms with Crippen LogP contribution in [0.4, 0.5) is 10.1 Å². The number of hydrogen-bond acceptors (Lipinski definition) is 6. The first-order valence-corrected chi connectivity index (χ1v) is 13.5. The van der Waals surface area contributed by atoms with Crippen LogP contribution in [0.15, 0.2) is 66.7 Å². The number of aryl methyl sites for hydroxylation is 3. The van der Waals surface area contributed by atoms with E-state index in [-0.39, 0.29) is 12.2 Å². The van der Waals surface area contributed by atoms with Crippen LogP contribution in [0.25, 0.3) is 0 Å². The summed E-state index contributed by atoms with van der Waals surface area (Å²) >= 11 is 0. The van der Waals surface area contributed by atoms with Crippen LogP contribution in [0.1, 0.15) is 28.7 Å². The largest absolute Gasteiger partial charge is 0.550 e. The summed E-state index contributed by atoms with van der Waals surface area (Å²) in [5.74, 6) is -0.326. The Hall–Kier alpha value is -3.42. The Morgan fingerprint density at radius 3 is 2.21 bits per heavy atom. The number of aliphatic carboxylic acids is 1. The third-order valence-corrected chi connectivity index (χ3v) is 7.05. The molecule has 0 spiro atoms. The normalized spacial score (nSPS) is 14.0. The maximum absolute atomic E-state index is 13.2. The van der Waals surface area contributed by atoms with Crippen molar-refractivity contribution in [3.63, 3.8) is 0 Å². The molecule has 0 bridgehead atoms. The minimum atomic E-state index is -1.03. The Kier molecular flexibility index (Phi) is 10.1. The number of nitrogens with two attached hydrogens (primary N) is 1. The van der Waals surface area contributed by atoms with E-state index in [1.54, 1.807) is 0 Å². The molecule has 0 radical (unpaired) electrons. The first-order chi connectivity index (χ1) is 18.5. The maximum atomic E-state index is 13.2. The molecule has 0 unspecified atom stereocenters. The first-order valence-electron chi connectivity index (χ1n) is 13.5. The standard InChI is InChI=1S/C31H38FN3O3/c32-28-8-10-29(11-9-28)35-17-15-34(16-18-35)19-20-38-30-4-2-1-3-27(30)7-5-24-21-25(6-12-31(36)37)23-26(22-24)13-14-33/h1-4,8-11,21-23H,5-7,12-20,33H2,(H,36,37)/p-1. The summed E-state index contributed by atoms with van der Waals surface area (Å²) in [6.45, 7) is 5.75. The molecule has 38 heavy (non-hydrogen) atoms. The molecule has 6 nitrogen and oxygen atoms in total. The second-order valence-electron chi connectivity index (χ2n) is 9.83. The van der Waals surface area contributed by atoms with Gasteiger partial charge in [0.15, 0.2) is 0 Å². The molecule has 0 atom stereocenters. The highest BCUT2D eigenvalue weighted by molar-refractivity contribution is 5.64. The SMILES string of the molecule is NCCc1cc(CCC(=O)[O-])cc(CCc2ccccc2OCCN2CCN(c3ccc(F)cc3)CC2)c1. The lowest BCUT2D eigenvalue weighted by molar-refractivity contribution is -0.305. The van der Waals surface area contributed by atoms with Crippen LogP contribution in [-0.2, 0) is 30.5 Å². The highest BCUT2D eigenvalue weighted by Gasteiger charge is 2.17. The Morgan fingerprint density at radius 1 is 0.868 bits per heavy atom. The third-order valence-electron chi connectivity index (χ3n) is 7.05. The van der Waals surface area contributed by atoms with Crippen LogP contribution >= 0.6 is 0 Å². The van der Waals surface area contributed by atoms with Gasteiger partial charge in [-0.05, 0) is 91.2 Å². The van der Waals surface area contributed by atoms with E-state index in [0.29, 0.717) is 19.6 Å². The number of halogens is 1. The van der Waals surface area contributed by atoms with E-state index in [9.17, 15) is 14.3 Å². The number of anilines is 1. The van der Waals surface area contributed by atoms with Gasteiger partial charge in [-0.15, -0.1) is 0 Å². The van der Waals surface area contributed by atoms with Gasteiger partial charge in [0.1, 0.15) is 18.2 Å². The summed E-state index contributed by atoms with van der Waals surface area (Å²) in [4.78, 5) is 15.6. The van der Waals surface area contributed by atoms with E-state index in [1.165, 1.54) is 17.7 Å². The average Bonchev–Trinajstić information content (AvgIpc) is 2.92. The minimum Gasteiger partial charge on any atom is -0.550 e. The number of hydrogen-bond donors (Lipinski definition) is 1. The molecule has 0 saturated carbocycles. The van der Waals surface area contributed by atoms with E-state index < -0.39 is 5.97 Å². The first kappa shape index (κ1) is 27.6. The summed E-state index contributed by atoms with van der Waals surface area (Å²) in [7, 11) is 0. The van der Waals surface area contributed by atoms with Crippen molar-refractivity contribution < 1.29 is 19.0 Å². The van der Waals surface area contributed by atoms with Gasteiger partial charge < -0.3 is 25.3 Å². The van der Waals surface area contributed by atoms with Crippen LogP contribution in [0.5, 0.6) is 5.75 Å². The number of carbonyl (C=O) groups excluding carboxylic acids is 1. The predicted octanol–water partition coefficient (Wildman–Crippen LogP) is 3.00. The number of para-hydroxylation sites is 1. The van der Waals surface area contributed by atoms with Crippen LogP contribution in [0.3, 0.4) is 0 Å². The van der Waals surface area contributed by atoms with Crippen molar-refractivity contribution in [2.24, 2.45) is 5.73 Å². The van der Waals surface area contributed by atoms with Crippen molar-refractivity contribution in [3.05, 3.63) is 94.8 Å². The lowest BCUT2D eigenvalue weighted by atomic mass is 9.96. The van der Waals surface area contributed by atoms with Crippen LogP contribution in [-0.4, -0.2) is 56.7 Å². The summed E-state index contributed by atoms with van der Waals surface area (Å²) in [5.41, 5.74) is 11.3. The molecular weight excluding hydrogens is 481 g/mol. The zero-order valence-electron chi connectivity index (χ0n) is 21.9. The molecule has 1 aliphatic rings. The van der Waals surface area contributed by atoms with Gasteiger partial charge in [-0.1, -0.05) is 36.4 Å². The smallest absolute Gasteiger partial charge is 0.123 e. The van der Waals surface area contributed by atoms with Crippen molar-refractivity contribution in [1.82, 2.24) is 4.90 Å². The third kappa shape index (κ3) is 8.30. The molecule has 0 aliphatic carbocycles. The molecule has 0 amide bonds. The van der Waals surface area contributed by atoms with Gasteiger partial charge in [0.25, 0.3) is 0 Å². The fraction of sp³-hybridized carbons (Fsp3) is 0.387. The fourth-order valence-corrected chi connectivity index (χ4v) is 4.98. The molecule has 4 rings (SSSR count). The Morgan fingerprint density at radius 2 is 1.53 bits per heavy atom. The van der Waals surface area contributed by atoms with Crippen molar-refractivity contribution in [2.75, 3.05) is 50.8 Å². The van der Waals surface area contributed by atoms with Crippen LogP contribution in [0, 0.1) is 5.82 Å². The van der Waals surface area contributed by atoms with E-state index in [4.69, 9.17) is 10.5 Å². The summed E-state index contributed by atoms with van der Waals surface area (Å²) in [6, 6.07) is 21.2. The molecule has 1 aliphatic heterocycles. The average molecular weight is 519 g/mol. The monoisotopic (exact) mass is 518 g/mol. The number of nitrogens with zero attached hydrogens (tertiary/aromatic N) is 2. The number of benzene rings is 3. The lowest BCUT2D eigenvalue weighted by Crippen LogP contribution is -2.47. The predicted molar refractivity (Wildman–Crippen MR) is 147 cm³/mol. The second-order valence-corrected chi connectivity index (χ2v) is 9.83. The summed E-state index contributed by atoms with van der Waals surface area (Å²) in [5, 5.41) is 10.9.